The summed E-state index contributed by atoms with van der Waals surface area (Å²) in [5, 5.41) is 0. The molecule has 1 aromatic carbocycles. The first-order valence-corrected chi connectivity index (χ1v) is 6.01. The van der Waals surface area contributed by atoms with Crippen LogP contribution in [0.2, 0.25) is 0 Å². The van der Waals surface area contributed by atoms with E-state index in [1.54, 1.807) is 0 Å². The van der Waals surface area contributed by atoms with Crippen molar-refractivity contribution in [2.45, 2.75) is 51.5 Å². The highest BCUT2D eigenvalue weighted by atomic mass is 14.7. The monoisotopic (exact) mass is 203 g/mol. The second kappa shape index (κ2) is 4.36. The Kier molecular flexibility index (Phi) is 3.11. The van der Waals surface area contributed by atoms with E-state index in [2.05, 4.69) is 32.0 Å². The summed E-state index contributed by atoms with van der Waals surface area (Å²) in [6.07, 6.45) is 5.11. The smallest absolute Gasteiger partial charge is 0.0108 e. The predicted molar refractivity (Wildman–Crippen MR) is 65.1 cm³/mol. The lowest BCUT2D eigenvalue weighted by atomic mass is 9.79. The van der Waals surface area contributed by atoms with Crippen LogP contribution in [0.3, 0.4) is 0 Å². The Morgan fingerprint density at radius 1 is 1.13 bits per heavy atom. The Balaban J connectivity index is 2.27. The van der Waals surface area contributed by atoms with Gasteiger partial charge < -0.3 is 5.73 Å². The third-order valence-electron chi connectivity index (χ3n) is 3.64. The van der Waals surface area contributed by atoms with Gasteiger partial charge in [0.15, 0.2) is 0 Å². The second-order valence-electron chi connectivity index (χ2n) is 4.91. The van der Waals surface area contributed by atoms with Gasteiger partial charge in [0.05, 0.1) is 0 Å². The van der Waals surface area contributed by atoms with Gasteiger partial charge in [0.2, 0.25) is 0 Å². The molecule has 0 amide bonds. The summed E-state index contributed by atoms with van der Waals surface area (Å²) in [6.45, 7) is 4.36. The summed E-state index contributed by atoms with van der Waals surface area (Å²) >= 11 is 0. The highest BCUT2D eigenvalue weighted by molar-refractivity contribution is 5.34. The minimum absolute atomic E-state index is 0.375. The van der Waals surface area contributed by atoms with Crippen molar-refractivity contribution in [1.29, 1.82) is 0 Å². The maximum absolute atomic E-state index is 6.22. The van der Waals surface area contributed by atoms with E-state index in [0.29, 0.717) is 12.0 Å². The molecule has 82 valence electrons. The van der Waals surface area contributed by atoms with Gasteiger partial charge in [-0.1, -0.05) is 36.6 Å². The van der Waals surface area contributed by atoms with Gasteiger partial charge in [-0.05, 0) is 43.7 Å². The van der Waals surface area contributed by atoms with E-state index in [1.807, 2.05) is 0 Å². The minimum Gasteiger partial charge on any atom is -0.327 e. The minimum atomic E-state index is 0.375. The van der Waals surface area contributed by atoms with Crippen LogP contribution in [0.25, 0.3) is 0 Å². The zero-order valence-corrected chi connectivity index (χ0v) is 9.79. The van der Waals surface area contributed by atoms with Crippen molar-refractivity contribution >= 4 is 0 Å². The van der Waals surface area contributed by atoms with E-state index in [1.165, 1.54) is 42.4 Å². The Morgan fingerprint density at radius 3 is 2.53 bits per heavy atom. The van der Waals surface area contributed by atoms with E-state index in [4.69, 9.17) is 5.73 Å². The summed E-state index contributed by atoms with van der Waals surface area (Å²) in [5.41, 5.74) is 10.5. The molecule has 2 rings (SSSR count). The molecule has 1 nitrogen and oxygen atoms in total. The van der Waals surface area contributed by atoms with Gasteiger partial charge in [-0.25, -0.2) is 0 Å². The first-order valence-electron chi connectivity index (χ1n) is 6.01. The van der Waals surface area contributed by atoms with Crippen molar-refractivity contribution in [3.63, 3.8) is 0 Å². The van der Waals surface area contributed by atoms with Crippen molar-refractivity contribution < 1.29 is 0 Å². The van der Waals surface area contributed by atoms with Gasteiger partial charge in [0.25, 0.3) is 0 Å². The summed E-state index contributed by atoms with van der Waals surface area (Å²) in [6, 6.07) is 7.14. The second-order valence-corrected chi connectivity index (χ2v) is 4.91. The summed E-state index contributed by atoms with van der Waals surface area (Å²) in [4.78, 5) is 0. The molecule has 0 unspecified atom stereocenters. The van der Waals surface area contributed by atoms with Crippen LogP contribution in [-0.4, -0.2) is 6.04 Å². The first kappa shape index (κ1) is 10.7. The van der Waals surface area contributed by atoms with Gasteiger partial charge in [0.1, 0.15) is 0 Å². The average Bonchev–Trinajstić information content (AvgIpc) is 2.20. The van der Waals surface area contributed by atoms with Crippen LogP contribution in [0.1, 0.15) is 48.3 Å². The molecule has 2 N–H and O–H groups in total. The van der Waals surface area contributed by atoms with Crippen LogP contribution in [0, 0.1) is 13.8 Å². The van der Waals surface area contributed by atoms with Gasteiger partial charge >= 0.3 is 0 Å². The highest BCUT2D eigenvalue weighted by Crippen LogP contribution is 2.33. The fourth-order valence-electron chi connectivity index (χ4n) is 2.79. The van der Waals surface area contributed by atoms with Gasteiger partial charge in [0, 0.05) is 6.04 Å². The van der Waals surface area contributed by atoms with E-state index in [0.717, 1.165) is 0 Å². The first-order chi connectivity index (χ1) is 7.18. The standard InChI is InChI=1S/C14H21N/c1-10-7-8-12(11(2)9-10)13-5-3-4-6-14(13)15/h7-9,13-14H,3-6,15H2,1-2H3/t13-,14+/m0/s1. The maximum Gasteiger partial charge on any atom is 0.0108 e. The van der Waals surface area contributed by atoms with Crippen molar-refractivity contribution in [2.24, 2.45) is 5.73 Å². The lowest BCUT2D eigenvalue weighted by Crippen LogP contribution is -2.31. The quantitative estimate of drug-likeness (QED) is 0.744. The van der Waals surface area contributed by atoms with Crippen molar-refractivity contribution in [3.05, 3.63) is 34.9 Å². The van der Waals surface area contributed by atoms with Crippen LogP contribution >= 0.6 is 0 Å². The zero-order valence-electron chi connectivity index (χ0n) is 9.79. The predicted octanol–water partition coefficient (Wildman–Crippen LogP) is 3.29. The lowest BCUT2D eigenvalue weighted by molar-refractivity contribution is 0.384. The summed E-state index contributed by atoms with van der Waals surface area (Å²) in [5.74, 6) is 0.597. The van der Waals surface area contributed by atoms with Crippen molar-refractivity contribution in [1.82, 2.24) is 0 Å². The van der Waals surface area contributed by atoms with Crippen LogP contribution in [0.4, 0.5) is 0 Å². The van der Waals surface area contributed by atoms with Crippen LogP contribution in [-0.2, 0) is 0 Å². The third kappa shape index (κ3) is 2.23. The Morgan fingerprint density at radius 2 is 1.87 bits per heavy atom. The summed E-state index contributed by atoms with van der Waals surface area (Å²) in [7, 11) is 0. The largest absolute Gasteiger partial charge is 0.327 e. The number of nitrogens with two attached hydrogens (primary N) is 1. The molecular formula is C14H21N. The molecular weight excluding hydrogens is 182 g/mol. The maximum atomic E-state index is 6.22. The molecule has 0 aliphatic heterocycles. The lowest BCUT2D eigenvalue weighted by Gasteiger charge is -2.30. The molecule has 0 radical (unpaired) electrons. The van der Waals surface area contributed by atoms with Crippen molar-refractivity contribution in [3.8, 4) is 0 Å². The molecule has 1 aliphatic carbocycles. The molecule has 0 spiro atoms. The molecule has 1 fully saturated rings. The number of hydrogen-bond acceptors (Lipinski definition) is 1. The molecule has 1 aromatic rings. The van der Waals surface area contributed by atoms with E-state index >= 15 is 0 Å². The van der Waals surface area contributed by atoms with Gasteiger partial charge in [-0.15, -0.1) is 0 Å². The molecule has 0 saturated heterocycles. The number of benzene rings is 1. The van der Waals surface area contributed by atoms with E-state index < -0.39 is 0 Å². The van der Waals surface area contributed by atoms with E-state index in [9.17, 15) is 0 Å². The third-order valence-corrected chi connectivity index (χ3v) is 3.64. The zero-order chi connectivity index (χ0) is 10.8. The van der Waals surface area contributed by atoms with Crippen LogP contribution in [0.5, 0.6) is 0 Å². The normalized spacial score (nSPS) is 26.6. The molecule has 15 heavy (non-hydrogen) atoms. The Bertz CT molecular complexity index is 343. The summed E-state index contributed by atoms with van der Waals surface area (Å²) < 4.78 is 0. The SMILES string of the molecule is Cc1ccc([C@@H]2CCCC[C@H]2N)c(C)c1. The van der Waals surface area contributed by atoms with Crippen LogP contribution in [0.15, 0.2) is 18.2 Å². The molecule has 0 bridgehead atoms. The van der Waals surface area contributed by atoms with Crippen LogP contribution < -0.4 is 5.73 Å². The molecule has 2 atom stereocenters. The molecule has 0 aromatic heterocycles. The topological polar surface area (TPSA) is 26.0 Å². The molecule has 1 aliphatic rings. The Labute approximate surface area is 92.7 Å². The van der Waals surface area contributed by atoms with Gasteiger partial charge in [-0.3, -0.25) is 0 Å². The number of hydrogen-bond donors (Lipinski definition) is 1. The highest BCUT2D eigenvalue weighted by Gasteiger charge is 2.24. The fraction of sp³-hybridized carbons (Fsp3) is 0.571. The Hall–Kier alpha value is -0.820. The van der Waals surface area contributed by atoms with Crippen molar-refractivity contribution in [2.75, 3.05) is 0 Å². The number of aryl methyl sites for hydroxylation is 2. The fourth-order valence-corrected chi connectivity index (χ4v) is 2.79. The number of rotatable bonds is 1. The molecule has 1 heteroatoms. The van der Waals surface area contributed by atoms with E-state index in [-0.39, 0.29) is 0 Å². The average molecular weight is 203 g/mol. The molecule has 0 heterocycles. The molecule has 1 saturated carbocycles. The van der Waals surface area contributed by atoms with Gasteiger partial charge in [-0.2, -0.15) is 0 Å².